The lowest BCUT2D eigenvalue weighted by molar-refractivity contribution is 0.102. The molecule has 0 atom stereocenters. The van der Waals surface area contributed by atoms with Crippen molar-refractivity contribution in [1.82, 2.24) is 9.97 Å². The number of carbonyl (C=O) groups excluding carboxylic acids is 1. The minimum absolute atomic E-state index is 0.105. The average molecular weight is 351 g/mol. The highest BCUT2D eigenvalue weighted by Crippen LogP contribution is 2.20. The lowest BCUT2D eigenvalue weighted by Crippen LogP contribution is -2.18. The Morgan fingerprint density at radius 1 is 1.19 bits per heavy atom. The van der Waals surface area contributed by atoms with Crippen molar-refractivity contribution in [3.63, 3.8) is 0 Å². The number of amides is 1. The number of pyridine rings is 2. The summed E-state index contributed by atoms with van der Waals surface area (Å²) in [6.07, 6.45) is 2.93. The second-order valence-electron chi connectivity index (χ2n) is 5.36. The Morgan fingerprint density at radius 2 is 2.00 bits per heavy atom. The third-order valence-corrected chi connectivity index (χ3v) is 3.57. The van der Waals surface area contributed by atoms with Gasteiger partial charge in [0.05, 0.1) is 7.11 Å². The Balaban J connectivity index is 1.70. The minimum Gasteiger partial charge on any atom is -0.483 e. The van der Waals surface area contributed by atoms with Gasteiger partial charge in [0.15, 0.2) is 5.75 Å². The minimum atomic E-state index is -0.483. The molecule has 0 spiro atoms. The van der Waals surface area contributed by atoms with Gasteiger partial charge in [-0.2, -0.15) is 0 Å². The van der Waals surface area contributed by atoms with E-state index in [1.807, 2.05) is 30.3 Å². The number of nitrogens with one attached hydrogen (secondary N) is 2. The van der Waals surface area contributed by atoms with Gasteiger partial charge in [-0.25, -0.2) is 4.98 Å². The number of carbonyl (C=O) groups is 1. The van der Waals surface area contributed by atoms with Crippen LogP contribution in [0.2, 0.25) is 0 Å². The maximum Gasteiger partial charge on any atom is 0.272 e. The highest BCUT2D eigenvalue weighted by molar-refractivity contribution is 6.03. The van der Waals surface area contributed by atoms with Gasteiger partial charge in [0.1, 0.15) is 18.0 Å². The van der Waals surface area contributed by atoms with Crippen LogP contribution in [-0.4, -0.2) is 23.0 Å². The Kier molecular flexibility index (Phi) is 5.28. The molecule has 1 aromatic carbocycles. The highest BCUT2D eigenvalue weighted by atomic mass is 16.5. The van der Waals surface area contributed by atoms with Crippen LogP contribution in [0.25, 0.3) is 0 Å². The number of rotatable bonds is 6. The van der Waals surface area contributed by atoms with E-state index < -0.39 is 5.91 Å². The summed E-state index contributed by atoms with van der Waals surface area (Å²) in [5.74, 6) is -0.0571. The van der Waals surface area contributed by atoms with Gasteiger partial charge in [-0.05, 0) is 17.7 Å². The molecule has 7 heteroatoms. The Bertz CT molecular complexity index is 954. The van der Waals surface area contributed by atoms with Crippen molar-refractivity contribution in [2.75, 3.05) is 12.4 Å². The van der Waals surface area contributed by atoms with Gasteiger partial charge >= 0.3 is 0 Å². The smallest absolute Gasteiger partial charge is 0.272 e. The number of nitrogens with zero attached hydrogens (tertiary/aromatic N) is 1. The zero-order valence-corrected chi connectivity index (χ0v) is 14.1. The molecule has 2 heterocycles. The van der Waals surface area contributed by atoms with E-state index in [0.717, 1.165) is 5.56 Å². The fourth-order valence-corrected chi connectivity index (χ4v) is 2.28. The molecule has 3 rings (SSSR count). The summed E-state index contributed by atoms with van der Waals surface area (Å²) in [4.78, 5) is 31.3. The number of hydrogen-bond acceptors (Lipinski definition) is 5. The first-order valence-corrected chi connectivity index (χ1v) is 7.87. The molecule has 0 unspecified atom stereocenters. The predicted molar refractivity (Wildman–Crippen MR) is 96.6 cm³/mol. The van der Waals surface area contributed by atoms with E-state index in [-0.39, 0.29) is 29.4 Å². The predicted octanol–water partition coefficient (Wildman–Crippen LogP) is 2.61. The molecule has 7 nitrogen and oxygen atoms in total. The Labute approximate surface area is 149 Å². The summed E-state index contributed by atoms with van der Waals surface area (Å²) >= 11 is 0. The normalized spacial score (nSPS) is 10.2. The van der Waals surface area contributed by atoms with Crippen LogP contribution >= 0.6 is 0 Å². The Morgan fingerprint density at radius 3 is 2.73 bits per heavy atom. The van der Waals surface area contributed by atoms with Crippen LogP contribution in [0.1, 0.15) is 16.1 Å². The van der Waals surface area contributed by atoms with E-state index in [2.05, 4.69) is 15.3 Å². The van der Waals surface area contributed by atoms with Crippen molar-refractivity contribution in [2.24, 2.45) is 0 Å². The van der Waals surface area contributed by atoms with E-state index in [9.17, 15) is 9.59 Å². The maximum atomic E-state index is 12.3. The van der Waals surface area contributed by atoms with Gasteiger partial charge in [-0.15, -0.1) is 0 Å². The van der Waals surface area contributed by atoms with Gasteiger partial charge in [-0.1, -0.05) is 30.3 Å². The molecule has 0 saturated carbocycles. The Hall–Kier alpha value is -3.61. The quantitative estimate of drug-likeness (QED) is 0.712. The summed E-state index contributed by atoms with van der Waals surface area (Å²) in [7, 11) is 1.46. The first kappa shape index (κ1) is 17.2. The van der Waals surface area contributed by atoms with Crippen LogP contribution in [0.3, 0.4) is 0 Å². The molecule has 0 aliphatic heterocycles. The standard InChI is InChI=1S/C19H17N3O4/c1-25-19-14(8-5-9-20-19)22-18(24)15-10-16(23)17(11-21-15)26-12-13-6-3-2-4-7-13/h2-11H,12H2,1H3,(H,21,23)(H,22,24). The molecule has 0 aliphatic rings. The van der Waals surface area contributed by atoms with Crippen LogP contribution in [0.15, 0.2) is 65.7 Å². The largest absolute Gasteiger partial charge is 0.483 e. The number of hydrogen-bond donors (Lipinski definition) is 2. The van der Waals surface area contributed by atoms with Crippen LogP contribution in [0.4, 0.5) is 5.69 Å². The zero-order chi connectivity index (χ0) is 18.4. The molecule has 0 radical (unpaired) electrons. The maximum absolute atomic E-state index is 12.3. The number of benzene rings is 1. The van der Waals surface area contributed by atoms with Gasteiger partial charge in [0, 0.05) is 18.5 Å². The molecule has 0 saturated heterocycles. The topological polar surface area (TPSA) is 93.3 Å². The van der Waals surface area contributed by atoms with E-state index in [1.165, 1.54) is 19.4 Å². The fourth-order valence-electron chi connectivity index (χ4n) is 2.28. The van der Waals surface area contributed by atoms with Crippen LogP contribution in [0.5, 0.6) is 11.6 Å². The van der Waals surface area contributed by atoms with Crippen molar-refractivity contribution < 1.29 is 14.3 Å². The summed E-state index contributed by atoms with van der Waals surface area (Å²) in [6.45, 7) is 0.266. The highest BCUT2D eigenvalue weighted by Gasteiger charge is 2.13. The third kappa shape index (κ3) is 4.07. The molecule has 2 aromatic heterocycles. The van der Waals surface area contributed by atoms with Crippen molar-refractivity contribution in [3.8, 4) is 11.6 Å². The monoisotopic (exact) mass is 351 g/mol. The van der Waals surface area contributed by atoms with Crippen molar-refractivity contribution >= 4 is 11.6 Å². The molecular formula is C19H17N3O4. The molecule has 0 fully saturated rings. The number of aromatic amines is 1. The van der Waals surface area contributed by atoms with Gasteiger partial charge in [-0.3, -0.25) is 9.59 Å². The average Bonchev–Trinajstić information content (AvgIpc) is 2.68. The number of ether oxygens (including phenoxy) is 2. The first-order valence-electron chi connectivity index (χ1n) is 7.87. The lowest BCUT2D eigenvalue weighted by atomic mass is 10.2. The van der Waals surface area contributed by atoms with Crippen LogP contribution < -0.4 is 20.2 Å². The third-order valence-electron chi connectivity index (χ3n) is 3.57. The number of H-pyrrole nitrogens is 1. The summed E-state index contributed by atoms with van der Waals surface area (Å²) in [5, 5.41) is 2.64. The van der Waals surface area contributed by atoms with E-state index in [0.29, 0.717) is 5.69 Å². The van der Waals surface area contributed by atoms with Crippen molar-refractivity contribution in [2.45, 2.75) is 6.61 Å². The molecule has 0 bridgehead atoms. The summed E-state index contributed by atoms with van der Waals surface area (Å²) < 4.78 is 10.6. The summed E-state index contributed by atoms with van der Waals surface area (Å²) in [6, 6.07) is 14.0. The zero-order valence-electron chi connectivity index (χ0n) is 14.1. The van der Waals surface area contributed by atoms with Gasteiger partial charge in [0.2, 0.25) is 11.3 Å². The molecule has 26 heavy (non-hydrogen) atoms. The van der Waals surface area contributed by atoms with E-state index >= 15 is 0 Å². The van der Waals surface area contributed by atoms with Crippen LogP contribution in [0, 0.1) is 0 Å². The van der Waals surface area contributed by atoms with Crippen molar-refractivity contribution in [3.05, 3.63) is 82.4 Å². The second-order valence-corrected chi connectivity index (χ2v) is 5.36. The molecule has 0 aliphatic carbocycles. The van der Waals surface area contributed by atoms with E-state index in [4.69, 9.17) is 9.47 Å². The first-order chi connectivity index (χ1) is 12.7. The molecule has 1 amide bonds. The molecule has 132 valence electrons. The van der Waals surface area contributed by atoms with Gasteiger partial charge < -0.3 is 19.8 Å². The summed E-state index contributed by atoms with van der Waals surface area (Å²) in [5.41, 5.74) is 1.07. The lowest BCUT2D eigenvalue weighted by Gasteiger charge is -2.09. The second kappa shape index (κ2) is 7.98. The van der Waals surface area contributed by atoms with Gasteiger partial charge in [0.25, 0.3) is 5.91 Å². The fraction of sp³-hybridized carbons (Fsp3) is 0.105. The van der Waals surface area contributed by atoms with Crippen LogP contribution in [-0.2, 0) is 6.61 Å². The van der Waals surface area contributed by atoms with Crippen molar-refractivity contribution in [1.29, 1.82) is 0 Å². The number of aromatic nitrogens is 2. The number of anilines is 1. The van der Waals surface area contributed by atoms with E-state index in [1.54, 1.807) is 18.3 Å². The number of methoxy groups -OCH3 is 1. The molecule has 2 N–H and O–H groups in total. The molecular weight excluding hydrogens is 334 g/mol. The molecule has 3 aromatic rings. The SMILES string of the molecule is COc1ncccc1NC(=O)c1cc(=O)c(OCc2ccccc2)c[nH]1.